The second-order valence-electron chi connectivity index (χ2n) is 3.11. The second-order valence-corrected chi connectivity index (χ2v) is 4.26. The summed E-state index contributed by atoms with van der Waals surface area (Å²) in [4.78, 5) is 25.9. The van der Waals surface area contributed by atoms with Crippen LogP contribution < -0.4 is 5.90 Å². The van der Waals surface area contributed by atoms with Gasteiger partial charge in [0.15, 0.2) is 0 Å². The van der Waals surface area contributed by atoms with Crippen LogP contribution in [0.1, 0.15) is 13.3 Å². The Balaban J connectivity index is 3.52. The topological polar surface area (TPSA) is 98.9 Å². The van der Waals surface area contributed by atoms with E-state index in [9.17, 15) is 9.59 Å². The van der Waals surface area contributed by atoms with Crippen LogP contribution in [0, 0.1) is 5.92 Å². The highest BCUT2D eigenvalue weighted by atomic mass is 32.2. The van der Waals surface area contributed by atoms with Gasteiger partial charge in [0, 0.05) is 11.5 Å². The van der Waals surface area contributed by atoms with Gasteiger partial charge in [-0.15, -0.1) is 0 Å². The summed E-state index contributed by atoms with van der Waals surface area (Å²) in [6.45, 7) is 1.58. The number of carbonyl (C=O) groups excluding carboxylic acids is 2. The smallest absolute Gasteiger partial charge is 0.325 e. The molecule has 0 amide bonds. The number of esters is 1. The maximum Gasteiger partial charge on any atom is 0.325 e. The number of ether oxygens (including phenoxy) is 1. The molecule has 6 nitrogen and oxygen atoms in total. The van der Waals surface area contributed by atoms with E-state index in [2.05, 4.69) is 10.7 Å². The number of hydrogen-bond acceptors (Lipinski definition) is 7. The molecule has 0 heterocycles. The van der Waals surface area contributed by atoms with Gasteiger partial charge in [-0.1, -0.05) is 6.92 Å². The molecule has 1 atom stereocenters. The first-order chi connectivity index (χ1) is 7.61. The molecule has 7 heteroatoms. The molecular formula is C9H17NO5S. The van der Waals surface area contributed by atoms with Crippen LogP contribution in [0.5, 0.6) is 0 Å². The summed E-state index contributed by atoms with van der Waals surface area (Å²) >= 11 is 1.45. The van der Waals surface area contributed by atoms with Crippen molar-refractivity contribution in [2.45, 2.75) is 13.3 Å². The Labute approximate surface area is 98.4 Å². The fraction of sp³-hybridized carbons (Fsp3) is 0.778. The van der Waals surface area contributed by atoms with Crippen LogP contribution in [0.2, 0.25) is 0 Å². The van der Waals surface area contributed by atoms with Gasteiger partial charge in [0.25, 0.3) is 0 Å². The molecule has 0 spiro atoms. The van der Waals surface area contributed by atoms with Gasteiger partial charge in [-0.3, -0.25) is 9.59 Å². The minimum atomic E-state index is -0.469. The average molecular weight is 251 g/mol. The van der Waals surface area contributed by atoms with Crippen molar-refractivity contribution in [1.82, 2.24) is 0 Å². The maximum absolute atomic E-state index is 11.2. The normalized spacial score (nSPS) is 11.9. The highest BCUT2D eigenvalue weighted by Gasteiger charge is 2.14. The highest BCUT2D eigenvalue weighted by Crippen LogP contribution is 2.11. The van der Waals surface area contributed by atoms with E-state index in [1.807, 2.05) is 0 Å². The minimum Gasteiger partial charge on any atom is -0.463 e. The second kappa shape index (κ2) is 9.44. The molecule has 0 bridgehead atoms. The van der Waals surface area contributed by atoms with Crippen molar-refractivity contribution in [3.8, 4) is 0 Å². The molecule has 0 aliphatic carbocycles. The molecule has 0 radical (unpaired) electrons. The lowest BCUT2D eigenvalue weighted by molar-refractivity contribution is -0.148. The van der Waals surface area contributed by atoms with Crippen LogP contribution in [0.4, 0.5) is 0 Å². The van der Waals surface area contributed by atoms with E-state index >= 15 is 0 Å². The predicted octanol–water partition coefficient (Wildman–Crippen LogP) is -0.302. The van der Waals surface area contributed by atoms with Gasteiger partial charge >= 0.3 is 11.9 Å². The Bertz CT molecular complexity index is 224. The SMILES string of the molecule is CC(CSCCC(=O)ON)C(=O)OCCO. The highest BCUT2D eigenvalue weighted by molar-refractivity contribution is 7.99. The molecule has 1 unspecified atom stereocenters. The van der Waals surface area contributed by atoms with E-state index < -0.39 is 5.97 Å². The number of carbonyl (C=O) groups is 2. The first-order valence-electron chi connectivity index (χ1n) is 4.86. The summed E-state index contributed by atoms with van der Waals surface area (Å²) in [5.74, 6) is 4.69. The molecule has 16 heavy (non-hydrogen) atoms. The van der Waals surface area contributed by atoms with E-state index in [0.29, 0.717) is 11.5 Å². The maximum atomic E-state index is 11.2. The summed E-state index contributed by atoms with van der Waals surface area (Å²) in [6, 6.07) is 0. The third-order valence-corrected chi connectivity index (χ3v) is 2.92. The van der Waals surface area contributed by atoms with Crippen molar-refractivity contribution in [2.24, 2.45) is 11.8 Å². The summed E-state index contributed by atoms with van der Waals surface area (Å²) < 4.78 is 4.74. The van der Waals surface area contributed by atoms with Crippen LogP contribution in [-0.4, -0.2) is 41.8 Å². The summed E-state index contributed by atoms with van der Waals surface area (Å²) in [5, 5.41) is 8.45. The quantitative estimate of drug-likeness (QED) is 0.347. The zero-order valence-corrected chi connectivity index (χ0v) is 10.00. The standard InChI is InChI=1S/C9H17NO5S/c1-7(9(13)14-4-3-11)6-16-5-2-8(12)15-10/h7,11H,2-6,10H2,1H3. The number of hydrogen-bond donors (Lipinski definition) is 2. The van der Waals surface area contributed by atoms with E-state index in [-0.39, 0.29) is 31.5 Å². The minimum absolute atomic E-state index is 0.0212. The molecule has 0 aliphatic rings. The van der Waals surface area contributed by atoms with E-state index in [1.165, 1.54) is 11.8 Å². The molecule has 3 N–H and O–H groups in total. The van der Waals surface area contributed by atoms with Crippen molar-refractivity contribution in [3.63, 3.8) is 0 Å². The van der Waals surface area contributed by atoms with Crippen LogP contribution in [0.15, 0.2) is 0 Å². The summed E-state index contributed by atoms with van der Waals surface area (Å²) in [6.07, 6.45) is 0.222. The van der Waals surface area contributed by atoms with Crippen LogP contribution in [0.25, 0.3) is 0 Å². The zero-order chi connectivity index (χ0) is 12.4. The Morgan fingerprint density at radius 2 is 2.19 bits per heavy atom. The first kappa shape index (κ1) is 15.2. The van der Waals surface area contributed by atoms with Gasteiger partial charge in [0.05, 0.1) is 18.9 Å². The number of aliphatic hydroxyl groups excluding tert-OH is 1. The third-order valence-electron chi connectivity index (χ3n) is 1.69. The fourth-order valence-corrected chi connectivity index (χ4v) is 1.80. The van der Waals surface area contributed by atoms with Crippen molar-refractivity contribution in [3.05, 3.63) is 0 Å². The number of aliphatic hydroxyl groups is 1. The molecular weight excluding hydrogens is 234 g/mol. The Morgan fingerprint density at radius 1 is 1.50 bits per heavy atom. The molecule has 0 saturated heterocycles. The van der Waals surface area contributed by atoms with Crippen molar-refractivity contribution < 1.29 is 24.3 Å². The summed E-state index contributed by atoms with van der Waals surface area (Å²) in [7, 11) is 0. The molecule has 0 fully saturated rings. The largest absolute Gasteiger partial charge is 0.463 e. The van der Waals surface area contributed by atoms with Crippen LogP contribution in [-0.2, 0) is 19.2 Å². The number of rotatable bonds is 8. The lowest BCUT2D eigenvalue weighted by Gasteiger charge is -2.09. The first-order valence-corrected chi connectivity index (χ1v) is 6.02. The molecule has 0 aromatic carbocycles. The fourth-order valence-electron chi connectivity index (χ4n) is 0.831. The van der Waals surface area contributed by atoms with E-state index in [4.69, 9.17) is 9.84 Å². The molecule has 0 saturated carbocycles. The zero-order valence-electron chi connectivity index (χ0n) is 9.18. The van der Waals surface area contributed by atoms with Gasteiger partial charge in [-0.2, -0.15) is 17.7 Å². The van der Waals surface area contributed by atoms with Gasteiger partial charge in [-0.05, 0) is 0 Å². The molecule has 0 rings (SSSR count). The third kappa shape index (κ3) is 7.49. The summed E-state index contributed by atoms with van der Waals surface area (Å²) in [5.41, 5.74) is 0. The van der Waals surface area contributed by atoms with E-state index in [1.54, 1.807) is 6.92 Å². The lowest BCUT2D eigenvalue weighted by atomic mass is 10.2. The van der Waals surface area contributed by atoms with Gasteiger partial charge < -0.3 is 14.7 Å². The molecule has 0 aliphatic heterocycles. The van der Waals surface area contributed by atoms with Crippen LogP contribution in [0.3, 0.4) is 0 Å². The number of nitrogens with two attached hydrogens (primary N) is 1. The predicted molar refractivity (Wildman–Crippen MR) is 59.4 cm³/mol. The van der Waals surface area contributed by atoms with Gasteiger partial charge in [0.2, 0.25) is 0 Å². The van der Waals surface area contributed by atoms with Gasteiger partial charge in [-0.25, -0.2) is 0 Å². The Kier molecular flexibility index (Phi) is 8.97. The van der Waals surface area contributed by atoms with Crippen molar-refractivity contribution in [1.29, 1.82) is 0 Å². The van der Waals surface area contributed by atoms with E-state index in [0.717, 1.165) is 0 Å². The van der Waals surface area contributed by atoms with Crippen LogP contribution >= 0.6 is 11.8 Å². The Morgan fingerprint density at radius 3 is 2.75 bits per heavy atom. The number of thioether (sulfide) groups is 1. The van der Waals surface area contributed by atoms with Gasteiger partial charge in [0.1, 0.15) is 6.61 Å². The monoisotopic (exact) mass is 251 g/mol. The molecule has 0 aromatic heterocycles. The molecule has 94 valence electrons. The Hall–Kier alpha value is -0.790. The molecule has 0 aromatic rings. The average Bonchev–Trinajstić information content (AvgIpc) is 2.30. The lowest BCUT2D eigenvalue weighted by Crippen LogP contribution is -2.19. The van der Waals surface area contributed by atoms with Crippen molar-refractivity contribution >= 4 is 23.7 Å². The van der Waals surface area contributed by atoms with Crippen molar-refractivity contribution in [2.75, 3.05) is 24.7 Å².